The number of hydrogen-bond acceptors (Lipinski definition) is 4. The quantitative estimate of drug-likeness (QED) is 0.716. The first kappa shape index (κ1) is 9.33. The van der Waals surface area contributed by atoms with E-state index >= 15 is 0 Å². The summed E-state index contributed by atoms with van der Waals surface area (Å²) in [5, 5.41) is 17.0. The molecule has 5 heteroatoms. The van der Waals surface area contributed by atoms with Gasteiger partial charge in [0.1, 0.15) is 6.10 Å². The van der Waals surface area contributed by atoms with E-state index in [1.54, 1.807) is 17.9 Å². The van der Waals surface area contributed by atoms with Crippen molar-refractivity contribution in [1.29, 1.82) is 0 Å². The zero-order valence-electron chi connectivity index (χ0n) is 8.05. The van der Waals surface area contributed by atoms with Crippen molar-refractivity contribution in [3.8, 4) is 0 Å². The van der Waals surface area contributed by atoms with E-state index in [-0.39, 0.29) is 18.1 Å². The van der Waals surface area contributed by atoms with Crippen LogP contribution in [-0.2, 0) is 18.3 Å². The minimum Gasteiger partial charge on any atom is -0.385 e. The molecule has 1 heterocycles. The van der Waals surface area contributed by atoms with E-state index in [1.165, 1.54) is 0 Å². The number of hydrogen-bond donors (Lipinski definition) is 1. The first-order chi connectivity index (χ1) is 6.66. The summed E-state index contributed by atoms with van der Waals surface area (Å²) in [4.78, 5) is 11.5. The number of carbonyl (C=O) groups is 1. The van der Waals surface area contributed by atoms with Gasteiger partial charge >= 0.3 is 0 Å². The van der Waals surface area contributed by atoms with Gasteiger partial charge in [-0.15, -0.1) is 5.10 Å². The molecule has 0 aliphatic heterocycles. The largest absolute Gasteiger partial charge is 0.385 e. The summed E-state index contributed by atoms with van der Waals surface area (Å²) in [6, 6.07) is 0. The highest BCUT2D eigenvalue weighted by Gasteiger charge is 2.34. The summed E-state index contributed by atoms with van der Waals surface area (Å²) >= 11 is 0. The van der Waals surface area contributed by atoms with Gasteiger partial charge in [-0.25, -0.2) is 0 Å². The molecule has 1 aliphatic carbocycles. The van der Waals surface area contributed by atoms with Crippen LogP contribution in [0.3, 0.4) is 0 Å². The van der Waals surface area contributed by atoms with Gasteiger partial charge in [-0.1, -0.05) is 5.21 Å². The number of ketones is 1. The SMILES string of the molecule is Cn1cc(CC(=O)C(O)C2CC2)nn1. The molecule has 0 bridgehead atoms. The van der Waals surface area contributed by atoms with E-state index in [1.807, 2.05) is 0 Å². The van der Waals surface area contributed by atoms with Crippen molar-refractivity contribution in [2.24, 2.45) is 13.0 Å². The minimum absolute atomic E-state index is 0.145. The molecule has 1 aliphatic rings. The lowest BCUT2D eigenvalue weighted by molar-refractivity contribution is -0.127. The van der Waals surface area contributed by atoms with Crippen LogP contribution in [0.1, 0.15) is 18.5 Å². The summed E-state index contributed by atoms with van der Waals surface area (Å²) in [6.45, 7) is 0. The topological polar surface area (TPSA) is 68.0 Å². The van der Waals surface area contributed by atoms with E-state index in [0.29, 0.717) is 5.69 Å². The van der Waals surface area contributed by atoms with Crippen LogP contribution in [0.25, 0.3) is 0 Å². The lowest BCUT2D eigenvalue weighted by atomic mass is 10.1. The summed E-state index contributed by atoms with van der Waals surface area (Å²) in [6.07, 6.45) is 3.01. The molecule has 1 fully saturated rings. The van der Waals surface area contributed by atoms with Gasteiger partial charge in [-0.3, -0.25) is 9.48 Å². The van der Waals surface area contributed by atoms with Gasteiger partial charge in [0.05, 0.1) is 12.1 Å². The molecule has 0 spiro atoms. The number of aliphatic hydroxyl groups excluding tert-OH is 1. The molecule has 1 aromatic heterocycles. The van der Waals surface area contributed by atoms with Crippen molar-refractivity contribution in [2.75, 3.05) is 0 Å². The van der Waals surface area contributed by atoms with Gasteiger partial charge < -0.3 is 5.11 Å². The zero-order chi connectivity index (χ0) is 10.1. The van der Waals surface area contributed by atoms with Crippen LogP contribution < -0.4 is 0 Å². The fourth-order valence-corrected chi connectivity index (χ4v) is 1.43. The Labute approximate surface area is 81.7 Å². The Balaban J connectivity index is 1.93. The van der Waals surface area contributed by atoms with Gasteiger partial charge in [0.25, 0.3) is 0 Å². The average Bonchev–Trinajstić information content (AvgIpc) is 2.91. The molecule has 1 aromatic rings. The van der Waals surface area contributed by atoms with E-state index in [2.05, 4.69) is 10.3 Å². The lowest BCUT2D eigenvalue weighted by Crippen LogP contribution is -2.24. The molecule has 2 rings (SSSR count). The molecule has 0 radical (unpaired) electrons. The Bertz CT molecular complexity index is 344. The van der Waals surface area contributed by atoms with Crippen molar-refractivity contribution < 1.29 is 9.90 Å². The highest BCUT2D eigenvalue weighted by atomic mass is 16.3. The molecule has 1 atom stereocenters. The van der Waals surface area contributed by atoms with E-state index in [9.17, 15) is 9.90 Å². The van der Waals surface area contributed by atoms with Crippen LogP contribution in [0.5, 0.6) is 0 Å². The molecule has 5 nitrogen and oxygen atoms in total. The third-order valence-corrected chi connectivity index (χ3v) is 2.40. The standard InChI is InChI=1S/C9H13N3O2/c1-12-5-7(10-11-12)4-8(13)9(14)6-2-3-6/h5-6,9,14H,2-4H2,1H3. The Morgan fingerprint density at radius 1 is 1.79 bits per heavy atom. The molecule has 76 valence electrons. The Hall–Kier alpha value is -1.23. The maximum atomic E-state index is 11.5. The summed E-state index contributed by atoms with van der Waals surface area (Å²) in [5.74, 6) is 0.0483. The first-order valence-corrected chi connectivity index (χ1v) is 4.73. The molecular formula is C9H13N3O2. The molecule has 1 N–H and O–H groups in total. The fourth-order valence-electron chi connectivity index (χ4n) is 1.43. The van der Waals surface area contributed by atoms with Gasteiger partial charge in [-0.05, 0) is 18.8 Å². The third-order valence-electron chi connectivity index (χ3n) is 2.40. The minimum atomic E-state index is -0.794. The summed E-state index contributed by atoms with van der Waals surface area (Å²) < 4.78 is 1.55. The van der Waals surface area contributed by atoms with E-state index in [0.717, 1.165) is 12.8 Å². The van der Waals surface area contributed by atoms with Gasteiger partial charge in [-0.2, -0.15) is 0 Å². The average molecular weight is 195 g/mol. The number of carbonyl (C=O) groups excluding carboxylic acids is 1. The smallest absolute Gasteiger partial charge is 0.167 e. The molecule has 0 saturated heterocycles. The lowest BCUT2D eigenvalue weighted by Gasteiger charge is -2.05. The molecule has 1 unspecified atom stereocenters. The second-order valence-corrected chi connectivity index (χ2v) is 3.81. The predicted octanol–water partition coefficient (Wildman–Crippen LogP) is -0.302. The molecule has 0 aromatic carbocycles. The highest BCUT2D eigenvalue weighted by molar-refractivity contribution is 5.85. The van der Waals surface area contributed by atoms with E-state index < -0.39 is 6.10 Å². The van der Waals surface area contributed by atoms with Crippen LogP contribution in [-0.4, -0.2) is 32.0 Å². The maximum absolute atomic E-state index is 11.5. The van der Waals surface area contributed by atoms with Crippen molar-refractivity contribution in [3.05, 3.63) is 11.9 Å². The van der Waals surface area contributed by atoms with Gasteiger partial charge in [0.15, 0.2) is 5.78 Å². The normalized spacial score (nSPS) is 18.1. The summed E-state index contributed by atoms with van der Waals surface area (Å²) in [7, 11) is 1.75. The number of nitrogens with zero attached hydrogens (tertiary/aromatic N) is 3. The predicted molar refractivity (Wildman–Crippen MR) is 48.4 cm³/mol. The maximum Gasteiger partial charge on any atom is 0.167 e. The number of Topliss-reactive ketones (excluding diaryl/α,β-unsaturated/α-hetero) is 1. The van der Waals surface area contributed by atoms with Crippen molar-refractivity contribution >= 4 is 5.78 Å². The second-order valence-electron chi connectivity index (χ2n) is 3.81. The second kappa shape index (κ2) is 3.49. The van der Waals surface area contributed by atoms with Crippen LogP contribution >= 0.6 is 0 Å². The van der Waals surface area contributed by atoms with Crippen molar-refractivity contribution in [3.63, 3.8) is 0 Å². The van der Waals surface area contributed by atoms with Gasteiger partial charge in [0.2, 0.25) is 0 Å². The number of aryl methyl sites for hydroxylation is 1. The third kappa shape index (κ3) is 1.98. The van der Waals surface area contributed by atoms with Crippen LogP contribution in [0, 0.1) is 5.92 Å². The monoisotopic (exact) mass is 195 g/mol. The molecule has 0 amide bonds. The Kier molecular flexibility index (Phi) is 2.33. The van der Waals surface area contributed by atoms with Crippen LogP contribution in [0.15, 0.2) is 6.20 Å². The first-order valence-electron chi connectivity index (χ1n) is 4.73. The van der Waals surface area contributed by atoms with Crippen LogP contribution in [0.2, 0.25) is 0 Å². The fraction of sp³-hybridized carbons (Fsp3) is 0.667. The Morgan fingerprint density at radius 2 is 2.50 bits per heavy atom. The number of aliphatic hydroxyl groups is 1. The van der Waals surface area contributed by atoms with Gasteiger partial charge in [0, 0.05) is 13.2 Å². The zero-order valence-corrected chi connectivity index (χ0v) is 8.05. The number of aromatic nitrogens is 3. The van der Waals surface area contributed by atoms with Crippen molar-refractivity contribution in [1.82, 2.24) is 15.0 Å². The molecule has 14 heavy (non-hydrogen) atoms. The van der Waals surface area contributed by atoms with Crippen LogP contribution in [0.4, 0.5) is 0 Å². The molecule has 1 saturated carbocycles. The summed E-state index contributed by atoms with van der Waals surface area (Å²) in [5.41, 5.74) is 0.622. The Morgan fingerprint density at radius 3 is 3.00 bits per heavy atom. The van der Waals surface area contributed by atoms with E-state index in [4.69, 9.17) is 0 Å². The van der Waals surface area contributed by atoms with Crippen molar-refractivity contribution in [2.45, 2.75) is 25.4 Å². The highest BCUT2D eigenvalue weighted by Crippen LogP contribution is 2.33. The molecular weight excluding hydrogens is 182 g/mol. The number of rotatable bonds is 4.